The molecule has 1 aromatic heterocycles. The normalized spacial score (nSPS) is 10.9. The van der Waals surface area contributed by atoms with Crippen molar-refractivity contribution in [2.75, 3.05) is 5.32 Å². The molecule has 0 saturated carbocycles. The van der Waals surface area contributed by atoms with E-state index in [-0.39, 0.29) is 10.7 Å². The summed E-state index contributed by atoms with van der Waals surface area (Å²) >= 11 is 18.0. The lowest BCUT2D eigenvalue weighted by molar-refractivity contribution is 1.01. The van der Waals surface area contributed by atoms with Gasteiger partial charge in [-0.3, -0.25) is 4.79 Å². The summed E-state index contributed by atoms with van der Waals surface area (Å²) in [7, 11) is 0. The molecule has 22 heavy (non-hydrogen) atoms. The molecule has 2 aromatic carbocycles. The number of anilines is 1. The van der Waals surface area contributed by atoms with Crippen LogP contribution in [0.2, 0.25) is 15.2 Å². The summed E-state index contributed by atoms with van der Waals surface area (Å²) < 4.78 is 0. The zero-order chi connectivity index (χ0) is 15.7. The molecule has 2 N–H and O–H groups in total. The number of nitrogens with zero attached hydrogens (tertiary/aromatic N) is 1. The van der Waals surface area contributed by atoms with Crippen molar-refractivity contribution in [3.63, 3.8) is 0 Å². The molecular weight excluding hydrogens is 345 g/mol. The van der Waals surface area contributed by atoms with Crippen molar-refractivity contribution in [3.05, 3.63) is 67.5 Å². The minimum Gasteiger partial charge on any atom is -0.381 e. The molecule has 0 amide bonds. The van der Waals surface area contributed by atoms with Crippen LogP contribution in [-0.2, 0) is 6.54 Å². The van der Waals surface area contributed by atoms with Crippen molar-refractivity contribution < 1.29 is 0 Å². The lowest BCUT2D eigenvalue weighted by atomic mass is 10.1. The summed E-state index contributed by atoms with van der Waals surface area (Å²) in [6, 6.07) is 10.6. The highest BCUT2D eigenvalue weighted by Crippen LogP contribution is 2.24. The van der Waals surface area contributed by atoms with Crippen LogP contribution in [0.15, 0.2) is 41.2 Å². The van der Waals surface area contributed by atoms with E-state index in [0.29, 0.717) is 27.4 Å². The number of rotatable bonds is 3. The SMILES string of the molecule is O=c1[nH]nc(Cl)c2ccc(NCc3ccc(Cl)cc3Cl)cc12. The summed E-state index contributed by atoms with van der Waals surface area (Å²) in [5.41, 5.74) is 1.41. The van der Waals surface area contributed by atoms with Crippen LogP contribution >= 0.6 is 34.8 Å². The van der Waals surface area contributed by atoms with Crippen molar-refractivity contribution >= 4 is 51.3 Å². The Morgan fingerprint density at radius 2 is 1.86 bits per heavy atom. The van der Waals surface area contributed by atoms with Crippen LogP contribution < -0.4 is 10.9 Å². The topological polar surface area (TPSA) is 57.8 Å². The maximum Gasteiger partial charge on any atom is 0.272 e. The Kier molecular flexibility index (Phi) is 4.25. The van der Waals surface area contributed by atoms with Crippen LogP contribution in [-0.4, -0.2) is 10.2 Å². The van der Waals surface area contributed by atoms with Crippen LogP contribution in [0.3, 0.4) is 0 Å². The Morgan fingerprint density at radius 1 is 1.05 bits per heavy atom. The van der Waals surface area contributed by atoms with Gasteiger partial charge in [0.15, 0.2) is 5.15 Å². The first kappa shape index (κ1) is 15.2. The van der Waals surface area contributed by atoms with Gasteiger partial charge in [0.25, 0.3) is 5.56 Å². The standard InChI is InChI=1S/C15H10Cl3N3O/c16-9-2-1-8(13(17)5-9)7-19-10-3-4-11-12(6-10)15(22)21-20-14(11)18/h1-6,19H,7H2,(H,21,22). The molecule has 0 aliphatic rings. The van der Waals surface area contributed by atoms with Gasteiger partial charge in [-0.15, -0.1) is 0 Å². The molecule has 0 aliphatic carbocycles. The van der Waals surface area contributed by atoms with Crippen LogP contribution in [0.5, 0.6) is 0 Å². The Balaban J connectivity index is 1.88. The van der Waals surface area contributed by atoms with Gasteiger partial charge in [-0.25, -0.2) is 5.10 Å². The van der Waals surface area contributed by atoms with Gasteiger partial charge in [-0.05, 0) is 35.9 Å². The van der Waals surface area contributed by atoms with Gasteiger partial charge in [-0.1, -0.05) is 40.9 Å². The fraction of sp³-hybridized carbons (Fsp3) is 0.0667. The van der Waals surface area contributed by atoms with Gasteiger partial charge >= 0.3 is 0 Å². The number of benzene rings is 2. The summed E-state index contributed by atoms with van der Waals surface area (Å²) in [5, 5.41) is 11.8. The molecular formula is C15H10Cl3N3O. The highest BCUT2D eigenvalue weighted by atomic mass is 35.5. The molecule has 0 atom stereocenters. The number of fused-ring (bicyclic) bond motifs is 1. The van der Waals surface area contributed by atoms with Gasteiger partial charge in [0.1, 0.15) is 0 Å². The molecule has 3 aromatic rings. The molecule has 1 heterocycles. The number of halogens is 3. The summed E-state index contributed by atoms with van der Waals surface area (Å²) in [5.74, 6) is 0. The largest absolute Gasteiger partial charge is 0.381 e. The van der Waals surface area contributed by atoms with Crippen molar-refractivity contribution in [3.8, 4) is 0 Å². The Labute approximate surface area is 141 Å². The molecule has 7 heteroatoms. The lowest BCUT2D eigenvalue weighted by Gasteiger charge is -2.09. The molecule has 3 rings (SSSR count). The fourth-order valence-corrected chi connectivity index (χ4v) is 2.79. The third-order valence-electron chi connectivity index (χ3n) is 3.24. The first-order valence-corrected chi connectivity index (χ1v) is 7.54. The number of nitrogens with one attached hydrogen (secondary N) is 2. The number of hydrogen-bond donors (Lipinski definition) is 2. The van der Waals surface area contributed by atoms with E-state index in [1.54, 1.807) is 24.3 Å². The number of aromatic nitrogens is 2. The van der Waals surface area contributed by atoms with E-state index in [9.17, 15) is 4.79 Å². The Hall–Kier alpha value is -1.75. The average molecular weight is 355 g/mol. The molecule has 0 spiro atoms. The predicted octanol–water partition coefficient (Wildman–Crippen LogP) is 4.50. The van der Waals surface area contributed by atoms with Gasteiger partial charge in [0.05, 0.1) is 5.39 Å². The van der Waals surface area contributed by atoms with E-state index in [2.05, 4.69) is 15.5 Å². The zero-order valence-corrected chi connectivity index (χ0v) is 13.4. The van der Waals surface area contributed by atoms with Gasteiger partial charge in [-0.2, -0.15) is 5.10 Å². The van der Waals surface area contributed by atoms with Crippen LogP contribution in [0, 0.1) is 0 Å². The van der Waals surface area contributed by atoms with E-state index in [4.69, 9.17) is 34.8 Å². The van der Waals surface area contributed by atoms with E-state index in [1.165, 1.54) is 0 Å². The van der Waals surface area contributed by atoms with Crippen molar-refractivity contribution in [1.82, 2.24) is 10.2 Å². The maximum absolute atomic E-state index is 11.8. The second-order valence-electron chi connectivity index (χ2n) is 4.69. The third-order valence-corrected chi connectivity index (χ3v) is 4.12. The monoisotopic (exact) mass is 353 g/mol. The molecule has 0 bridgehead atoms. The number of aromatic amines is 1. The molecule has 112 valence electrons. The van der Waals surface area contributed by atoms with Crippen LogP contribution in [0.25, 0.3) is 10.8 Å². The van der Waals surface area contributed by atoms with Crippen molar-refractivity contribution in [2.45, 2.75) is 6.54 Å². The molecule has 0 fully saturated rings. The Morgan fingerprint density at radius 3 is 2.64 bits per heavy atom. The summed E-state index contributed by atoms with van der Waals surface area (Å²) in [4.78, 5) is 11.8. The zero-order valence-electron chi connectivity index (χ0n) is 11.2. The van der Waals surface area contributed by atoms with Crippen LogP contribution in [0.1, 0.15) is 5.56 Å². The summed E-state index contributed by atoms with van der Waals surface area (Å²) in [6.45, 7) is 0.512. The van der Waals surface area contributed by atoms with Gasteiger partial charge in [0, 0.05) is 27.7 Å². The lowest BCUT2D eigenvalue weighted by Crippen LogP contribution is -2.09. The third kappa shape index (κ3) is 3.04. The first-order valence-electron chi connectivity index (χ1n) is 6.40. The molecule has 4 nitrogen and oxygen atoms in total. The minimum absolute atomic E-state index is 0.266. The van der Waals surface area contributed by atoms with E-state index >= 15 is 0 Å². The van der Waals surface area contributed by atoms with E-state index in [1.807, 2.05) is 12.1 Å². The molecule has 0 aliphatic heterocycles. The molecule has 0 unspecified atom stereocenters. The maximum atomic E-state index is 11.8. The van der Waals surface area contributed by atoms with Gasteiger partial charge in [0.2, 0.25) is 0 Å². The van der Waals surface area contributed by atoms with Gasteiger partial charge < -0.3 is 5.32 Å². The first-order chi connectivity index (χ1) is 10.5. The van der Waals surface area contributed by atoms with Crippen LogP contribution in [0.4, 0.5) is 5.69 Å². The number of hydrogen-bond acceptors (Lipinski definition) is 3. The number of H-pyrrole nitrogens is 1. The summed E-state index contributed by atoms with van der Waals surface area (Å²) in [6.07, 6.45) is 0. The Bertz CT molecular complexity index is 908. The van der Waals surface area contributed by atoms with Crippen molar-refractivity contribution in [2.24, 2.45) is 0 Å². The highest BCUT2D eigenvalue weighted by Gasteiger charge is 2.06. The quantitative estimate of drug-likeness (QED) is 0.728. The molecule has 0 saturated heterocycles. The second-order valence-corrected chi connectivity index (χ2v) is 5.89. The molecule has 0 radical (unpaired) electrons. The minimum atomic E-state index is -0.285. The second kappa shape index (κ2) is 6.16. The van der Waals surface area contributed by atoms with E-state index in [0.717, 1.165) is 11.3 Å². The smallest absolute Gasteiger partial charge is 0.272 e. The predicted molar refractivity (Wildman–Crippen MR) is 91.2 cm³/mol. The fourth-order valence-electron chi connectivity index (χ4n) is 2.10. The average Bonchev–Trinajstić information content (AvgIpc) is 2.50. The highest BCUT2D eigenvalue weighted by molar-refractivity contribution is 6.35. The van der Waals surface area contributed by atoms with E-state index < -0.39 is 0 Å². The van der Waals surface area contributed by atoms with Crippen molar-refractivity contribution in [1.29, 1.82) is 0 Å².